The first kappa shape index (κ1) is 18.6. The van der Waals surface area contributed by atoms with Crippen molar-refractivity contribution in [3.8, 4) is 5.75 Å². The Morgan fingerprint density at radius 2 is 1.72 bits per heavy atom. The largest absolute Gasteiger partial charge is 0.490 e. The molecule has 25 heavy (non-hydrogen) atoms. The third kappa shape index (κ3) is 4.41. The number of nitrogens with one attached hydrogen (secondary N) is 1. The van der Waals surface area contributed by atoms with Gasteiger partial charge in [0.1, 0.15) is 24.7 Å². The van der Waals surface area contributed by atoms with Gasteiger partial charge in [-0.25, -0.2) is 9.59 Å². The van der Waals surface area contributed by atoms with Gasteiger partial charge < -0.3 is 19.2 Å². The molecule has 1 aromatic carbocycles. The Kier molecular flexibility index (Phi) is 6.22. The zero-order chi connectivity index (χ0) is 18.4. The molecule has 0 aliphatic rings. The second-order valence-corrected chi connectivity index (χ2v) is 5.60. The van der Waals surface area contributed by atoms with Crippen LogP contribution in [0.2, 0.25) is 0 Å². The van der Waals surface area contributed by atoms with Crippen LogP contribution in [0.1, 0.15) is 44.6 Å². The van der Waals surface area contributed by atoms with Gasteiger partial charge in [0.2, 0.25) is 0 Å². The molecule has 1 N–H and O–H groups in total. The normalized spacial score (nSPS) is 10.4. The Balaban J connectivity index is 1.95. The van der Waals surface area contributed by atoms with Crippen LogP contribution in [0.15, 0.2) is 24.3 Å². The number of aromatic nitrogens is 1. The molecular weight excluding hydrogens is 322 g/mol. The molecule has 0 spiro atoms. The number of benzene rings is 1. The molecule has 134 valence electrons. The predicted molar refractivity (Wildman–Crippen MR) is 93.2 cm³/mol. The fourth-order valence-electron chi connectivity index (χ4n) is 2.54. The summed E-state index contributed by atoms with van der Waals surface area (Å²) in [6, 6.07) is 7.63. The molecule has 0 aliphatic carbocycles. The second-order valence-electron chi connectivity index (χ2n) is 5.60. The van der Waals surface area contributed by atoms with Crippen molar-refractivity contribution in [1.29, 1.82) is 0 Å². The lowest BCUT2D eigenvalue weighted by atomic mass is 10.1. The predicted octanol–water partition coefficient (Wildman–Crippen LogP) is 3.35. The number of carbonyl (C=O) groups is 2. The first-order valence-electron chi connectivity index (χ1n) is 8.17. The number of ether oxygens (including phenoxy) is 3. The lowest BCUT2D eigenvalue weighted by Gasteiger charge is -2.09. The SMILES string of the molecule is CCOC(=O)c1[nH]c(C)c(C(=O)OCCOc2ccccc2C)c1C. The van der Waals surface area contributed by atoms with Crippen LogP contribution in [0.4, 0.5) is 0 Å². The molecule has 0 aliphatic heterocycles. The van der Waals surface area contributed by atoms with E-state index in [0.717, 1.165) is 11.3 Å². The van der Waals surface area contributed by atoms with Gasteiger partial charge in [0.05, 0.1) is 12.2 Å². The zero-order valence-electron chi connectivity index (χ0n) is 15.0. The summed E-state index contributed by atoms with van der Waals surface area (Å²) < 4.78 is 15.8. The average Bonchev–Trinajstić information content (AvgIpc) is 2.88. The fraction of sp³-hybridized carbons (Fsp3) is 0.368. The number of esters is 2. The Hall–Kier alpha value is -2.76. The van der Waals surface area contributed by atoms with E-state index in [1.54, 1.807) is 20.8 Å². The minimum Gasteiger partial charge on any atom is -0.490 e. The molecule has 6 nitrogen and oxygen atoms in total. The molecular formula is C19H23NO5. The van der Waals surface area contributed by atoms with Crippen LogP contribution >= 0.6 is 0 Å². The van der Waals surface area contributed by atoms with Gasteiger partial charge in [0.25, 0.3) is 0 Å². The molecule has 0 saturated heterocycles. The van der Waals surface area contributed by atoms with E-state index >= 15 is 0 Å². The monoisotopic (exact) mass is 345 g/mol. The lowest BCUT2D eigenvalue weighted by molar-refractivity contribution is 0.0448. The van der Waals surface area contributed by atoms with Crippen molar-refractivity contribution in [3.63, 3.8) is 0 Å². The van der Waals surface area contributed by atoms with Gasteiger partial charge in [-0.2, -0.15) is 0 Å². The highest BCUT2D eigenvalue weighted by Gasteiger charge is 2.23. The first-order valence-corrected chi connectivity index (χ1v) is 8.17. The second kappa shape index (κ2) is 8.37. The summed E-state index contributed by atoms with van der Waals surface area (Å²) in [4.78, 5) is 27.1. The molecule has 1 heterocycles. The third-order valence-corrected chi connectivity index (χ3v) is 3.79. The zero-order valence-corrected chi connectivity index (χ0v) is 15.0. The van der Waals surface area contributed by atoms with E-state index in [1.807, 2.05) is 31.2 Å². The summed E-state index contributed by atoms with van der Waals surface area (Å²) in [5.41, 5.74) is 2.76. The van der Waals surface area contributed by atoms with Gasteiger partial charge >= 0.3 is 11.9 Å². The number of carbonyl (C=O) groups excluding carboxylic acids is 2. The van der Waals surface area contributed by atoms with Crippen molar-refractivity contribution in [1.82, 2.24) is 4.98 Å². The number of aromatic amines is 1. The van der Waals surface area contributed by atoms with Crippen molar-refractivity contribution >= 4 is 11.9 Å². The minimum atomic E-state index is -0.491. The highest BCUT2D eigenvalue weighted by Crippen LogP contribution is 2.20. The maximum Gasteiger partial charge on any atom is 0.355 e. The van der Waals surface area contributed by atoms with Crippen molar-refractivity contribution < 1.29 is 23.8 Å². The highest BCUT2D eigenvalue weighted by molar-refractivity contribution is 5.98. The number of rotatable bonds is 7. The standard InChI is InChI=1S/C19H23NO5/c1-5-23-19(22)17-13(3)16(14(4)20-17)18(21)25-11-10-24-15-9-7-6-8-12(15)2/h6-9,20H,5,10-11H2,1-4H3. The van der Waals surface area contributed by atoms with Gasteiger partial charge in [-0.05, 0) is 44.9 Å². The lowest BCUT2D eigenvalue weighted by Crippen LogP contribution is -2.14. The number of H-pyrrole nitrogens is 1. The Labute approximate surface area is 147 Å². The maximum atomic E-state index is 12.3. The van der Waals surface area contributed by atoms with E-state index in [9.17, 15) is 9.59 Å². The number of aryl methyl sites for hydroxylation is 2. The molecule has 0 radical (unpaired) electrons. The van der Waals surface area contributed by atoms with Crippen molar-refractivity contribution in [3.05, 3.63) is 52.3 Å². The summed E-state index contributed by atoms with van der Waals surface area (Å²) >= 11 is 0. The Morgan fingerprint density at radius 1 is 1.00 bits per heavy atom. The Morgan fingerprint density at radius 3 is 2.40 bits per heavy atom. The molecule has 6 heteroatoms. The fourth-order valence-corrected chi connectivity index (χ4v) is 2.54. The summed E-state index contributed by atoms with van der Waals surface area (Å²) in [6.07, 6.45) is 0. The minimum absolute atomic E-state index is 0.117. The van der Waals surface area contributed by atoms with Crippen molar-refractivity contribution in [2.24, 2.45) is 0 Å². The molecule has 1 aromatic heterocycles. The molecule has 0 amide bonds. The maximum absolute atomic E-state index is 12.3. The van der Waals surface area contributed by atoms with E-state index in [0.29, 0.717) is 16.8 Å². The average molecular weight is 345 g/mol. The smallest absolute Gasteiger partial charge is 0.355 e. The highest BCUT2D eigenvalue weighted by atomic mass is 16.6. The summed E-state index contributed by atoms with van der Waals surface area (Å²) in [7, 11) is 0. The van der Waals surface area contributed by atoms with E-state index in [1.165, 1.54) is 0 Å². The summed E-state index contributed by atoms with van der Waals surface area (Å²) in [6.45, 7) is 7.73. The molecule has 0 saturated carbocycles. The van der Waals surface area contributed by atoms with E-state index in [4.69, 9.17) is 14.2 Å². The van der Waals surface area contributed by atoms with Gasteiger partial charge in [-0.1, -0.05) is 18.2 Å². The summed E-state index contributed by atoms with van der Waals surface area (Å²) in [5.74, 6) is -0.211. The van der Waals surface area contributed by atoms with Gasteiger partial charge in [-0.15, -0.1) is 0 Å². The van der Waals surface area contributed by atoms with Crippen LogP contribution in [-0.2, 0) is 9.47 Å². The van der Waals surface area contributed by atoms with Crippen LogP contribution in [0.5, 0.6) is 5.75 Å². The van der Waals surface area contributed by atoms with Crippen LogP contribution in [0.3, 0.4) is 0 Å². The van der Waals surface area contributed by atoms with Crippen molar-refractivity contribution in [2.75, 3.05) is 19.8 Å². The molecule has 0 fully saturated rings. The topological polar surface area (TPSA) is 77.6 Å². The van der Waals surface area contributed by atoms with E-state index in [-0.39, 0.29) is 25.5 Å². The van der Waals surface area contributed by atoms with Gasteiger partial charge in [-0.3, -0.25) is 0 Å². The van der Waals surface area contributed by atoms with Crippen LogP contribution in [0.25, 0.3) is 0 Å². The first-order chi connectivity index (χ1) is 12.0. The van der Waals surface area contributed by atoms with Crippen LogP contribution in [-0.4, -0.2) is 36.7 Å². The van der Waals surface area contributed by atoms with Gasteiger partial charge in [0.15, 0.2) is 0 Å². The Bertz CT molecular complexity index is 763. The molecule has 0 bridgehead atoms. The number of hydrogen-bond acceptors (Lipinski definition) is 5. The van der Waals surface area contributed by atoms with Gasteiger partial charge in [0, 0.05) is 5.69 Å². The molecule has 0 unspecified atom stereocenters. The quantitative estimate of drug-likeness (QED) is 0.615. The molecule has 2 aromatic rings. The summed E-state index contributed by atoms with van der Waals surface area (Å²) in [5, 5.41) is 0. The van der Waals surface area contributed by atoms with E-state index < -0.39 is 11.9 Å². The molecule has 2 rings (SSSR count). The number of hydrogen-bond donors (Lipinski definition) is 1. The number of para-hydroxylation sites is 1. The molecule has 0 atom stereocenters. The third-order valence-electron chi connectivity index (χ3n) is 3.79. The van der Waals surface area contributed by atoms with Crippen LogP contribution < -0.4 is 4.74 Å². The van der Waals surface area contributed by atoms with Crippen molar-refractivity contribution in [2.45, 2.75) is 27.7 Å². The van der Waals surface area contributed by atoms with Crippen LogP contribution in [0, 0.1) is 20.8 Å². The van der Waals surface area contributed by atoms with E-state index in [2.05, 4.69) is 4.98 Å².